The van der Waals surface area contributed by atoms with Crippen LogP contribution < -0.4 is 0 Å². The largest absolute Gasteiger partial charge is 0.469 e. The van der Waals surface area contributed by atoms with E-state index in [0.29, 0.717) is 18.3 Å². The fourth-order valence-corrected chi connectivity index (χ4v) is 4.91. The molecule has 0 aromatic carbocycles. The van der Waals surface area contributed by atoms with E-state index in [0.717, 1.165) is 32.1 Å². The smallest absolute Gasteiger partial charge is 0.313 e. The molecule has 0 aliphatic heterocycles. The highest BCUT2D eigenvalue weighted by Gasteiger charge is 2.83. The van der Waals surface area contributed by atoms with Crippen LogP contribution in [0, 0.1) is 22.7 Å². The van der Waals surface area contributed by atoms with Crippen LogP contribution in [-0.4, -0.2) is 26.2 Å². The Kier molecular flexibility index (Phi) is 2.48. The van der Waals surface area contributed by atoms with Crippen molar-refractivity contribution >= 4 is 11.9 Å². The van der Waals surface area contributed by atoms with Crippen LogP contribution in [0.5, 0.6) is 0 Å². The summed E-state index contributed by atoms with van der Waals surface area (Å²) in [5.41, 5.74) is -1.12. The number of esters is 2. The van der Waals surface area contributed by atoms with Crippen LogP contribution >= 0.6 is 0 Å². The molecule has 4 saturated carbocycles. The molecule has 0 amide bonds. The number of carbonyl (C=O) groups is 2. The quantitative estimate of drug-likeness (QED) is 0.704. The van der Waals surface area contributed by atoms with Crippen molar-refractivity contribution in [2.75, 3.05) is 14.2 Å². The van der Waals surface area contributed by atoms with Gasteiger partial charge < -0.3 is 9.47 Å². The average molecular weight is 252 g/mol. The normalized spacial score (nSPS) is 44.8. The van der Waals surface area contributed by atoms with Gasteiger partial charge in [-0.25, -0.2) is 0 Å². The van der Waals surface area contributed by atoms with E-state index in [1.165, 1.54) is 14.2 Å². The lowest BCUT2D eigenvalue weighted by molar-refractivity contribution is -0.164. The van der Waals surface area contributed by atoms with Gasteiger partial charge in [-0.15, -0.1) is 0 Å². The fourth-order valence-electron chi connectivity index (χ4n) is 4.91. The summed E-state index contributed by atoms with van der Waals surface area (Å²) in [6.45, 7) is 0. The molecule has 4 atom stereocenters. The number of carbonyl (C=O) groups excluding carboxylic acids is 2. The summed E-state index contributed by atoms with van der Waals surface area (Å²) in [5.74, 6) is 0.236. The summed E-state index contributed by atoms with van der Waals surface area (Å²) in [4.78, 5) is 24.5. The van der Waals surface area contributed by atoms with Crippen molar-refractivity contribution in [2.24, 2.45) is 22.7 Å². The first-order valence-corrected chi connectivity index (χ1v) is 6.80. The van der Waals surface area contributed by atoms with Crippen molar-refractivity contribution in [1.29, 1.82) is 0 Å². The van der Waals surface area contributed by atoms with Gasteiger partial charge in [-0.05, 0) is 43.9 Å². The third kappa shape index (κ3) is 1.12. The maximum Gasteiger partial charge on any atom is 0.313 e. The molecule has 0 aromatic rings. The third-order valence-corrected chi connectivity index (χ3v) is 5.69. The Labute approximate surface area is 107 Å². The van der Waals surface area contributed by atoms with Crippen LogP contribution in [0.15, 0.2) is 0 Å². The van der Waals surface area contributed by atoms with Crippen molar-refractivity contribution in [3.05, 3.63) is 0 Å². The molecular weight excluding hydrogens is 232 g/mol. The molecule has 4 rings (SSSR count). The van der Waals surface area contributed by atoms with Crippen LogP contribution in [0.25, 0.3) is 0 Å². The zero-order valence-corrected chi connectivity index (χ0v) is 11.0. The highest BCUT2D eigenvalue weighted by molar-refractivity contribution is 5.95. The van der Waals surface area contributed by atoms with Gasteiger partial charge >= 0.3 is 11.9 Å². The van der Waals surface area contributed by atoms with Crippen molar-refractivity contribution in [3.8, 4) is 0 Å². The SMILES string of the molecule is COC(=O)[C@]12C[C@@]1(C(=O)OC)[C@H]1CCC[C@@H]2CC1. The van der Waals surface area contributed by atoms with Gasteiger partial charge in [0.25, 0.3) is 0 Å². The van der Waals surface area contributed by atoms with E-state index in [1.54, 1.807) is 0 Å². The van der Waals surface area contributed by atoms with E-state index in [9.17, 15) is 9.59 Å². The van der Waals surface area contributed by atoms with E-state index < -0.39 is 10.8 Å². The van der Waals surface area contributed by atoms with Gasteiger partial charge in [-0.3, -0.25) is 9.59 Å². The molecule has 4 aliphatic rings. The van der Waals surface area contributed by atoms with Gasteiger partial charge in [0.05, 0.1) is 25.0 Å². The molecule has 4 fully saturated rings. The van der Waals surface area contributed by atoms with Crippen LogP contribution in [-0.2, 0) is 19.1 Å². The molecule has 4 heteroatoms. The minimum Gasteiger partial charge on any atom is -0.469 e. The number of methoxy groups -OCH3 is 2. The Hall–Kier alpha value is -1.06. The zero-order chi connectivity index (χ0) is 13.0. The van der Waals surface area contributed by atoms with E-state index in [2.05, 4.69) is 0 Å². The number of hydrogen-bond acceptors (Lipinski definition) is 4. The Morgan fingerprint density at radius 2 is 1.33 bits per heavy atom. The third-order valence-electron chi connectivity index (χ3n) is 5.69. The first-order chi connectivity index (χ1) is 8.63. The monoisotopic (exact) mass is 252 g/mol. The van der Waals surface area contributed by atoms with Crippen molar-refractivity contribution in [3.63, 3.8) is 0 Å². The summed E-state index contributed by atoms with van der Waals surface area (Å²) < 4.78 is 10.0. The Morgan fingerprint density at radius 1 is 0.889 bits per heavy atom. The summed E-state index contributed by atoms with van der Waals surface area (Å²) in [6, 6.07) is 0. The highest BCUT2D eigenvalue weighted by Crippen LogP contribution is 2.78. The summed E-state index contributed by atoms with van der Waals surface area (Å²) in [7, 11) is 2.85. The van der Waals surface area contributed by atoms with Crippen molar-refractivity contribution in [2.45, 2.75) is 38.5 Å². The van der Waals surface area contributed by atoms with E-state index >= 15 is 0 Å². The van der Waals surface area contributed by atoms with Crippen LogP contribution in [0.3, 0.4) is 0 Å². The van der Waals surface area contributed by atoms with Crippen molar-refractivity contribution in [1.82, 2.24) is 0 Å². The molecule has 0 heterocycles. The lowest BCUT2D eigenvalue weighted by Crippen LogP contribution is -2.42. The predicted molar refractivity (Wildman–Crippen MR) is 63.6 cm³/mol. The molecule has 4 nitrogen and oxygen atoms in total. The summed E-state index contributed by atoms with van der Waals surface area (Å²) in [5, 5.41) is 0. The summed E-state index contributed by atoms with van der Waals surface area (Å²) >= 11 is 0. The second-order valence-corrected chi connectivity index (χ2v) is 6.00. The van der Waals surface area contributed by atoms with E-state index in [1.807, 2.05) is 0 Å². The van der Waals surface area contributed by atoms with Crippen molar-refractivity contribution < 1.29 is 19.1 Å². The molecule has 2 bridgehead atoms. The number of hydrogen-bond donors (Lipinski definition) is 0. The van der Waals surface area contributed by atoms with Crippen LogP contribution in [0.1, 0.15) is 38.5 Å². The lowest BCUT2D eigenvalue weighted by atomic mass is 9.67. The molecule has 0 radical (unpaired) electrons. The second-order valence-electron chi connectivity index (χ2n) is 6.00. The summed E-state index contributed by atoms with van der Waals surface area (Å²) in [6.07, 6.45) is 5.97. The van der Waals surface area contributed by atoms with Crippen LogP contribution in [0.4, 0.5) is 0 Å². The van der Waals surface area contributed by atoms with Gasteiger partial charge in [0, 0.05) is 0 Å². The van der Waals surface area contributed by atoms with E-state index in [-0.39, 0.29) is 11.9 Å². The maximum atomic E-state index is 12.3. The number of fused-ring (bicyclic) bond motifs is 3. The molecule has 0 saturated heterocycles. The van der Waals surface area contributed by atoms with E-state index in [4.69, 9.17) is 9.47 Å². The molecular formula is C14H20O4. The Morgan fingerprint density at radius 3 is 1.72 bits per heavy atom. The molecule has 100 valence electrons. The minimum absolute atomic E-state index is 0.190. The minimum atomic E-state index is -0.561. The lowest BCUT2D eigenvalue weighted by Gasteiger charge is -2.36. The molecule has 0 unspecified atom stereocenters. The molecule has 4 aliphatic carbocycles. The first kappa shape index (κ1) is 12.0. The Balaban J connectivity index is 2.07. The second kappa shape index (κ2) is 3.72. The van der Waals surface area contributed by atoms with Gasteiger partial charge in [-0.2, -0.15) is 0 Å². The predicted octanol–water partition coefficient (Wildman–Crippen LogP) is 1.92. The van der Waals surface area contributed by atoms with Gasteiger partial charge in [0.2, 0.25) is 0 Å². The first-order valence-electron chi connectivity index (χ1n) is 6.80. The topological polar surface area (TPSA) is 52.6 Å². The van der Waals surface area contributed by atoms with Gasteiger partial charge in [0.1, 0.15) is 0 Å². The zero-order valence-electron chi connectivity index (χ0n) is 11.0. The Bertz CT molecular complexity index is 365. The maximum absolute atomic E-state index is 12.3. The average Bonchev–Trinajstić information content (AvgIpc) is 3.14. The van der Waals surface area contributed by atoms with Crippen LogP contribution in [0.2, 0.25) is 0 Å². The molecule has 0 N–H and O–H groups in total. The number of ether oxygens (including phenoxy) is 2. The standard InChI is InChI=1S/C14H20O4/c1-17-11(15)13-8-14(13,12(16)18-2)10-5-3-4-9(13)6-7-10/h9-10H,3-8H2,1-2H3/t9-,10+,13-,14+. The molecule has 0 aromatic heterocycles. The number of rotatable bonds is 2. The highest BCUT2D eigenvalue weighted by atomic mass is 16.5. The fraction of sp³-hybridized carbons (Fsp3) is 0.857. The van der Waals surface area contributed by atoms with Gasteiger partial charge in [0.15, 0.2) is 0 Å². The molecule has 0 spiro atoms. The van der Waals surface area contributed by atoms with Gasteiger partial charge in [-0.1, -0.05) is 6.42 Å². The molecule has 18 heavy (non-hydrogen) atoms.